The molecule has 0 bridgehead atoms. The number of methoxy groups -OCH3 is 1. The van der Waals surface area contributed by atoms with E-state index in [1.165, 1.54) is 6.07 Å². The first-order chi connectivity index (χ1) is 11.6. The van der Waals surface area contributed by atoms with Crippen LogP contribution in [0.1, 0.15) is 11.1 Å². The highest BCUT2D eigenvalue weighted by Crippen LogP contribution is 2.13. The van der Waals surface area contributed by atoms with E-state index in [1.807, 2.05) is 30.3 Å². The molecule has 0 saturated carbocycles. The third-order valence-electron chi connectivity index (χ3n) is 3.40. The van der Waals surface area contributed by atoms with Crippen LogP contribution >= 0.6 is 24.0 Å². The van der Waals surface area contributed by atoms with E-state index < -0.39 is 4.92 Å². The third-order valence-corrected chi connectivity index (χ3v) is 3.40. The first-order valence-corrected chi connectivity index (χ1v) is 7.43. The predicted octanol–water partition coefficient (Wildman–Crippen LogP) is 3.09. The number of rotatable bonds is 6. The maximum atomic E-state index is 10.8. The largest absolute Gasteiger partial charge is 0.497 e. The summed E-state index contributed by atoms with van der Waals surface area (Å²) in [5.41, 5.74) is 1.95. The Hall–Kier alpha value is -2.36. The highest BCUT2D eigenvalue weighted by atomic mass is 127. The normalized spacial score (nSPS) is 10.6. The van der Waals surface area contributed by atoms with Crippen molar-refractivity contribution in [3.05, 3.63) is 69.8 Å². The SMILES string of the molecule is CN=C(NCc1cccc(OC)c1)NCc1cccc([N+](=O)[O-])c1.I. The lowest BCUT2D eigenvalue weighted by Gasteiger charge is -2.12. The van der Waals surface area contributed by atoms with Crippen molar-refractivity contribution in [2.45, 2.75) is 13.1 Å². The average molecular weight is 456 g/mol. The standard InChI is InChI=1S/C17H20N4O3.HI/c1-18-17(20-12-14-6-4-8-16(10-14)24-2)19-11-13-5-3-7-15(9-13)21(22)23;/h3-10H,11-12H2,1-2H3,(H2,18,19,20);1H. The molecule has 0 spiro atoms. The van der Waals surface area contributed by atoms with E-state index in [1.54, 1.807) is 26.3 Å². The molecule has 7 nitrogen and oxygen atoms in total. The summed E-state index contributed by atoms with van der Waals surface area (Å²) >= 11 is 0. The number of nitro benzene ring substituents is 1. The Morgan fingerprint density at radius 3 is 2.28 bits per heavy atom. The third kappa shape index (κ3) is 6.57. The second kappa shape index (κ2) is 10.5. The van der Waals surface area contributed by atoms with Crippen LogP contribution in [0.15, 0.2) is 53.5 Å². The molecule has 2 aromatic carbocycles. The Labute approximate surface area is 163 Å². The van der Waals surface area contributed by atoms with Crippen LogP contribution in [0.2, 0.25) is 0 Å². The van der Waals surface area contributed by atoms with Gasteiger partial charge in [-0.3, -0.25) is 15.1 Å². The van der Waals surface area contributed by atoms with Crippen LogP contribution in [0.3, 0.4) is 0 Å². The van der Waals surface area contributed by atoms with Crippen LogP contribution in [-0.4, -0.2) is 25.0 Å². The molecule has 134 valence electrons. The number of halogens is 1. The van der Waals surface area contributed by atoms with Gasteiger partial charge in [0.25, 0.3) is 5.69 Å². The highest BCUT2D eigenvalue weighted by molar-refractivity contribution is 14.0. The van der Waals surface area contributed by atoms with Crippen molar-refractivity contribution in [3.8, 4) is 5.75 Å². The summed E-state index contributed by atoms with van der Waals surface area (Å²) in [6.07, 6.45) is 0. The topological polar surface area (TPSA) is 88.8 Å². The first kappa shape index (κ1) is 20.7. The molecule has 25 heavy (non-hydrogen) atoms. The molecule has 2 aromatic rings. The van der Waals surface area contributed by atoms with E-state index in [4.69, 9.17) is 4.74 Å². The Morgan fingerprint density at radius 2 is 1.72 bits per heavy atom. The molecule has 0 radical (unpaired) electrons. The molecule has 0 aliphatic heterocycles. The number of hydrogen-bond acceptors (Lipinski definition) is 4. The van der Waals surface area contributed by atoms with Crippen LogP contribution in [0.25, 0.3) is 0 Å². The zero-order chi connectivity index (χ0) is 17.4. The van der Waals surface area contributed by atoms with Crippen molar-refractivity contribution in [2.24, 2.45) is 4.99 Å². The Balaban J connectivity index is 0.00000312. The minimum atomic E-state index is -0.403. The van der Waals surface area contributed by atoms with E-state index in [0.29, 0.717) is 19.0 Å². The van der Waals surface area contributed by atoms with Gasteiger partial charge in [0.15, 0.2) is 5.96 Å². The molecule has 2 N–H and O–H groups in total. The summed E-state index contributed by atoms with van der Waals surface area (Å²) in [4.78, 5) is 14.5. The monoisotopic (exact) mass is 456 g/mol. The van der Waals surface area contributed by atoms with Gasteiger partial charge in [-0.25, -0.2) is 0 Å². The van der Waals surface area contributed by atoms with Crippen molar-refractivity contribution in [1.82, 2.24) is 10.6 Å². The molecule has 0 aliphatic carbocycles. The van der Waals surface area contributed by atoms with Crippen molar-refractivity contribution >= 4 is 35.6 Å². The number of non-ortho nitro benzene ring substituents is 1. The molecule has 0 amide bonds. The van der Waals surface area contributed by atoms with E-state index in [9.17, 15) is 10.1 Å². The maximum absolute atomic E-state index is 10.8. The molecule has 2 rings (SSSR count). The number of benzene rings is 2. The van der Waals surface area contributed by atoms with E-state index in [0.717, 1.165) is 16.9 Å². The molecule has 8 heteroatoms. The summed E-state index contributed by atoms with van der Waals surface area (Å²) in [6.45, 7) is 1.03. The number of nitrogens with one attached hydrogen (secondary N) is 2. The number of nitrogens with zero attached hydrogens (tertiary/aromatic N) is 2. The Morgan fingerprint density at radius 1 is 1.12 bits per heavy atom. The summed E-state index contributed by atoms with van der Waals surface area (Å²) in [7, 11) is 3.31. The molecule has 0 atom stereocenters. The smallest absolute Gasteiger partial charge is 0.269 e. The minimum Gasteiger partial charge on any atom is -0.497 e. The first-order valence-electron chi connectivity index (χ1n) is 7.43. The fourth-order valence-electron chi connectivity index (χ4n) is 2.15. The number of nitro groups is 1. The second-order valence-corrected chi connectivity index (χ2v) is 5.06. The molecule has 0 fully saturated rings. The number of aliphatic imine (C=N–C) groups is 1. The average Bonchev–Trinajstić information content (AvgIpc) is 2.62. The van der Waals surface area contributed by atoms with E-state index in [-0.39, 0.29) is 29.7 Å². The van der Waals surface area contributed by atoms with Crippen molar-refractivity contribution in [1.29, 1.82) is 0 Å². The quantitative estimate of drug-likeness (QED) is 0.229. The zero-order valence-corrected chi connectivity index (χ0v) is 16.4. The predicted molar refractivity (Wildman–Crippen MR) is 109 cm³/mol. The van der Waals surface area contributed by atoms with Gasteiger partial charge in [-0.2, -0.15) is 0 Å². The van der Waals surface area contributed by atoms with Crippen molar-refractivity contribution in [2.75, 3.05) is 14.2 Å². The maximum Gasteiger partial charge on any atom is 0.269 e. The lowest BCUT2D eigenvalue weighted by Crippen LogP contribution is -2.36. The molecule has 0 saturated heterocycles. The van der Waals surface area contributed by atoms with Gasteiger partial charge >= 0.3 is 0 Å². The number of ether oxygens (including phenoxy) is 1. The van der Waals surface area contributed by atoms with E-state index >= 15 is 0 Å². The van der Waals surface area contributed by atoms with Crippen LogP contribution in [-0.2, 0) is 13.1 Å². The highest BCUT2D eigenvalue weighted by Gasteiger charge is 2.06. The molecule has 0 unspecified atom stereocenters. The Bertz CT molecular complexity index is 737. The van der Waals surface area contributed by atoms with Crippen molar-refractivity contribution < 1.29 is 9.66 Å². The van der Waals surface area contributed by atoms with E-state index in [2.05, 4.69) is 15.6 Å². The van der Waals surface area contributed by atoms with Crippen LogP contribution in [0, 0.1) is 10.1 Å². The van der Waals surface area contributed by atoms with Crippen molar-refractivity contribution in [3.63, 3.8) is 0 Å². The van der Waals surface area contributed by atoms with Gasteiger partial charge < -0.3 is 15.4 Å². The van der Waals surface area contributed by atoms with Gasteiger partial charge in [-0.1, -0.05) is 24.3 Å². The summed E-state index contributed by atoms with van der Waals surface area (Å²) in [5.74, 6) is 1.41. The summed E-state index contributed by atoms with van der Waals surface area (Å²) in [6, 6.07) is 14.3. The fourth-order valence-corrected chi connectivity index (χ4v) is 2.15. The van der Waals surface area contributed by atoms with Gasteiger partial charge in [0.05, 0.1) is 12.0 Å². The summed E-state index contributed by atoms with van der Waals surface area (Å²) in [5, 5.41) is 17.1. The van der Waals surface area contributed by atoms with Gasteiger partial charge in [-0.15, -0.1) is 24.0 Å². The molecule has 0 aromatic heterocycles. The van der Waals surface area contributed by atoms with Gasteiger partial charge in [-0.05, 0) is 23.3 Å². The van der Waals surface area contributed by atoms with Gasteiger partial charge in [0, 0.05) is 32.3 Å². The molecule has 0 aliphatic rings. The van der Waals surface area contributed by atoms with Gasteiger partial charge in [0.1, 0.15) is 5.75 Å². The number of guanidine groups is 1. The lowest BCUT2D eigenvalue weighted by atomic mass is 10.2. The lowest BCUT2D eigenvalue weighted by molar-refractivity contribution is -0.384. The summed E-state index contributed by atoms with van der Waals surface area (Å²) < 4.78 is 5.20. The van der Waals surface area contributed by atoms with Crippen LogP contribution < -0.4 is 15.4 Å². The Kier molecular flexibility index (Phi) is 8.68. The van der Waals surface area contributed by atoms with Crippen LogP contribution in [0.5, 0.6) is 5.75 Å². The zero-order valence-electron chi connectivity index (χ0n) is 14.1. The minimum absolute atomic E-state index is 0. The molecule has 0 heterocycles. The molecular weight excluding hydrogens is 435 g/mol. The second-order valence-electron chi connectivity index (χ2n) is 5.06. The van der Waals surface area contributed by atoms with Gasteiger partial charge in [0.2, 0.25) is 0 Å². The molecular formula is C17H21IN4O3. The fraction of sp³-hybridized carbons (Fsp3) is 0.235. The van der Waals surface area contributed by atoms with Crippen LogP contribution in [0.4, 0.5) is 5.69 Å². The number of hydrogen-bond donors (Lipinski definition) is 2.